The average Bonchev–Trinajstić information content (AvgIpc) is 2.48. The zero-order chi connectivity index (χ0) is 16.1. The zero-order valence-electron chi connectivity index (χ0n) is 11.7. The molecule has 1 N–H and O–H groups in total. The van der Waals surface area contributed by atoms with Gasteiger partial charge in [0.15, 0.2) is 19.0 Å². The molecule has 1 amide bonds. The van der Waals surface area contributed by atoms with Gasteiger partial charge in [0, 0.05) is 21.4 Å². The number of aromatic nitrogens is 1. The summed E-state index contributed by atoms with van der Waals surface area (Å²) in [5, 5.41) is 13.5. The van der Waals surface area contributed by atoms with Gasteiger partial charge >= 0.3 is 5.97 Å². The van der Waals surface area contributed by atoms with E-state index >= 15 is 0 Å². The smallest absolute Gasteiger partial charge is 0.339 e. The fraction of sp³-hybridized carbons (Fsp3) is 0.133. The second-order valence-electron chi connectivity index (χ2n) is 4.53. The quantitative estimate of drug-likeness (QED) is 0.361. The number of aryl methyl sites for hydroxylation is 1. The summed E-state index contributed by atoms with van der Waals surface area (Å²) in [6.07, 6.45) is 2.37. The summed E-state index contributed by atoms with van der Waals surface area (Å²) >= 11 is 2.18. The molecule has 0 aliphatic heterocycles. The monoisotopic (exact) mass is 412 g/mol. The third-order valence-corrected chi connectivity index (χ3v) is 3.51. The number of nitrogens with zero attached hydrogens (tertiary/aromatic N) is 1. The normalized spacial score (nSPS) is 10.1. The van der Waals surface area contributed by atoms with Crippen molar-refractivity contribution in [3.8, 4) is 0 Å². The van der Waals surface area contributed by atoms with Crippen LogP contribution in [0.3, 0.4) is 0 Å². The molecule has 0 radical (unpaired) electrons. The Hall–Kier alpha value is -2.16. The van der Waals surface area contributed by atoms with Crippen LogP contribution in [0, 0.1) is 15.7 Å². The molecule has 6 nitrogen and oxygen atoms in total. The number of benzene rings is 1. The van der Waals surface area contributed by atoms with Crippen molar-refractivity contribution in [2.75, 3.05) is 11.9 Å². The Labute approximate surface area is 140 Å². The van der Waals surface area contributed by atoms with E-state index in [0.29, 0.717) is 10.4 Å². The first-order chi connectivity index (χ1) is 10.5. The van der Waals surface area contributed by atoms with Crippen molar-refractivity contribution in [3.63, 3.8) is 0 Å². The number of amides is 1. The van der Waals surface area contributed by atoms with E-state index in [2.05, 4.69) is 27.9 Å². The first kappa shape index (κ1) is 16.2. The van der Waals surface area contributed by atoms with E-state index in [1.807, 2.05) is 19.1 Å². The largest absolute Gasteiger partial charge is 0.619 e. The van der Waals surface area contributed by atoms with Crippen LogP contribution in [0.15, 0.2) is 42.7 Å². The van der Waals surface area contributed by atoms with E-state index in [-0.39, 0.29) is 5.56 Å². The molecule has 7 heteroatoms. The van der Waals surface area contributed by atoms with Gasteiger partial charge in [-0.3, -0.25) is 4.79 Å². The molecular formula is C15H13IN2O4. The van der Waals surface area contributed by atoms with E-state index in [9.17, 15) is 14.8 Å². The number of ether oxygens (including phenoxy) is 1. The lowest BCUT2D eigenvalue weighted by Crippen LogP contribution is -2.25. The maximum absolute atomic E-state index is 11.8. The standard InChI is InChI=1S/C15H13IN2O4/c1-10-8-12(16)2-3-13(10)17-14(19)9-22-15(20)11-4-6-18(21)7-5-11/h2-8H,9H2,1H3,(H,17,19). The molecule has 22 heavy (non-hydrogen) atoms. The van der Waals surface area contributed by atoms with Crippen molar-refractivity contribution in [2.45, 2.75) is 6.92 Å². The van der Waals surface area contributed by atoms with Crippen LogP contribution in [0.5, 0.6) is 0 Å². The van der Waals surface area contributed by atoms with Crippen molar-refractivity contribution >= 4 is 40.2 Å². The van der Waals surface area contributed by atoms with Gasteiger partial charge in [0.2, 0.25) is 0 Å². The van der Waals surface area contributed by atoms with Crippen LogP contribution >= 0.6 is 22.6 Å². The van der Waals surface area contributed by atoms with E-state index in [0.717, 1.165) is 9.13 Å². The fourth-order valence-corrected chi connectivity index (χ4v) is 2.36. The van der Waals surface area contributed by atoms with Crippen molar-refractivity contribution < 1.29 is 19.1 Å². The summed E-state index contributed by atoms with van der Waals surface area (Å²) in [7, 11) is 0. The summed E-state index contributed by atoms with van der Waals surface area (Å²) in [5.41, 5.74) is 1.81. The summed E-state index contributed by atoms with van der Waals surface area (Å²) in [6.45, 7) is 1.49. The van der Waals surface area contributed by atoms with Crippen molar-refractivity contribution in [3.05, 3.63) is 62.6 Å². The third-order valence-electron chi connectivity index (χ3n) is 2.83. The Morgan fingerprint density at radius 3 is 2.59 bits per heavy atom. The van der Waals surface area contributed by atoms with Crippen LogP contribution in [0.25, 0.3) is 0 Å². The van der Waals surface area contributed by atoms with E-state index < -0.39 is 18.5 Å². The number of hydrogen-bond donors (Lipinski definition) is 1. The van der Waals surface area contributed by atoms with Gasteiger partial charge in [-0.15, -0.1) is 0 Å². The summed E-state index contributed by atoms with van der Waals surface area (Å²) in [4.78, 5) is 23.5. The fourth-order valence-electron chi connectivity index (χ4n) is 1.72. The minimum absolute atomic E-state index is 0.213. The molecule has 0 saturated carbocycles. The molecule has 1 aromatic heterocycles. The Bertz CT molecular complexity index is 701. The first-order valence-corrected chi connectivity index (χ1v) is 7.45. The van der Waals surface area contributed by atoms with E-state index in [1.54, 1.807) is 6.07 Å². The first-order valence-electron chi connectivity index (χ1n) is 6.37. The Morgan fingerprint density at radius 2 is 1.95 bits per heavy atom. The Kier molecular flexibility index (Phi) is 5.31. The van der Waals surface area contributed by atoms with Gasteiger partial charge in [0.1, 0.15) is 0 Å². The van der Waals surface area contributed by atoms with E-state index in [4.69, 9.17) is 4.74 Å². The lowest BCUT2D eigenvalue weighted by atomic mass is 10.2. The molecule has 0 aliphatic rings. The third kappa shape index (κ3) is 4.42. The van der Waals surface area contributed by atoms with Crippen LogP contribution in [-0.4, -0.2) is 18.5 Å². The van der Waals surface area contributed by atoms with Crippen molar-refractivity contribution in [1.82, 2.24) is 0 Å². The summed E-state index contributed by atoms with van der Waals surface area (Å²) < 4.78 is 6.53. The molecule has 0 spiro atoms. The highest BCUT2D eigenvalue weighted by Gasteiger charge is 2.12. The molecule has 0 aliphatic carbocycles. The number of nitrogens with one attached hydrogen (secondary N) is 1. The predicted octanol–water partition coefficient (Wildman–Crippen LogP) is 2.03. The minimum atomic E-state index is -0.657. The molecule has 0 saturated heterocycles. The Morgan fingerprint density at radius 1 is 1.27 bits per heavy atom. The van der Waals surface area contributed by atoms with Crippen LogP contribution in [0.2, 0.25) is 0 Å². The van der Waals surface area contributed by atoms with E-state index in [1.165, 1.54) is 24.5 Å². The van der Waals surface area contributed by atoms with Gasteiger partial charge < -0.3 is 15.3 Å². The number of carbonyl (C=O) groups excluding carboxylic acids is 2. The molecule has 0 fully saturated rings. The lowest BCUT2D eigenvalue weighted by molar-refractivity contribution is -0.605. The van der Waals surface area contributed by atoms with Gasteiger partial charge in [0.05, 0.1) is 5.56 Å². The summed E-state index contributed by atoms with van der Waals surface area (Å²) in [5.74, 6) is -1.08. The number of halogens is 1. The molecule has 1 aromatic carbocycles. The van der Waals surface area contributed by atoms with Gasteiger partial charge in [-0.2, -0.15) is 4.73 Å². The summed E-state index contributed by atoms with van der Waals surface area (Å²) in [6, 6.07) is 8.26. The number of hydrogen-bond acceptors (Lipinski definition) is 4. The molecule has 2 rings (SSSR count). The minimum Gasteiger partial charge on any atom is -0.619 e. The second-order valence-corrected chi connectivity index (χ2v) is 5.78. The number of esters is 1. The zero-order valence-corrected chi connectivity index (χ0v) is 13.9. The maximum atomic E-state index is 11.8. The molecule has 0 unspecified atom stereocenters. The average molecular weight is 412 g/mol. The lowest BCUT2D eigenvalue weighted by Gasteiger charge is -2.09. The van der Waals surface area contributed by atoms with Gasteiger partial charge in [-0.1, -0.05) is 0 Å². The highest BCUT2D eigenvalue weighted by atomic mass is 127. The predicted molar refractivity (Wildman–Crippen MR) is 88.2 cm³/mol. The number of rotatable bonds is 4. The van der Waals surface area contributed by atoms with Crippen molar-refractivity contribution in [2.24, 2.45) is 0 Å². The number of pyridine rings is 1. The highest BCUT2D eigenvalue weighted by molar-refractivity contribution is 14.1. The molecular weight excluding hydrogens is 399 g/mol. The highest BCUT2D eigenvalue weighted by Crippen LogP contribution is 2.17. The van der Waals surface area contributed by atoms with Crippen LogP contribution in [0.1, 0.15) is 15.9 Å². The van der Waals surface area contributed by atoms with Gasteiger partial charge in [0.25, 0.3) is 5.91 Å². The maximum Gasteiger partial charge on any atom is 0.339 e. The molecule has 0 bridgehead atoms. The molecule has 1 heterocycles. The topological polar surface area (TPSA) is 82.3 Å². The second kappa shape index (κ2) is 7.21. The number of anilines is 1. The molecule has 114 valence electrons. The van der Waals surface area contributed by atoms with Gasteiger partial charge in [-0.05, 0) is 53.3 Å². The SMILES string of the molecule is Cc1cc(I)ccc1NC(=O)COC(=O)c1cc[n+]([O-])cc1. The van der Waals surface area contributed by atoms with Crippen LogP contribution < -0.4 is 10.0 Å². The van der Waals surface area contributed by atoms with Gasteiger partial charge in [-0.25, -0.2) is 4.79 Å². The molecule has 2 aromatic rings. The Balaban J connectivity index is 1.89. The van der Waals surface area contributed by atoms with Crippen LogP contribution in [0.4, 0.5) is 5.69 Å². The molecule has 0 atom stereocenters. The number of carbonyl (C=O) groups is 2. The van der Waals surface area contributed by atoms with Crippen molar-refractivity contribution in [1.29, 1.82) is 0 Å². The van der Waals surface area contributed by atoms with Crippen LogP contribution in [-0.2, 0) is 9.53 Å².